The lowest BCUT2D eigenvalue weighted by Gasteiger charge is -2.10. The number of aliphatic hydroxyl groups excluding tert-OH is 1. The average molecular weight is 360 g/mol. The molecule has 2 rings (SSSR count). The minimum atomic E-state index is -1.65. The van der Waals surface area contributed by atoms with Crippen LogP contribution in [0.15, 0.2) is 47.8 Å². The van der Waals surface area contributed by atoms with E-state index in [0.29, 0.717) is 11.4 Å². The van der Waals surface area contributed by atoms with Gasteiger partial charge in [-0.3, -0.25) is 9.78 Å². The molecule has 0 fully saturated rings. The summed E-state index contributed by atoms with van der Waals surface area (Å²) in [5.74, 6) is 0.314. The van der Waals surface area contributed by atoms with Gasteiger partial charge < -0.3 is 31.2 Å². The van der Waals surface area contributed by atoms with Gasteiger partial charge in [0.15, 0.2) is 6.29 Å². The highest BCUT2D eigenvalue weighted by Crippen LogP contribution is 2.17. The molecular formula is C17H20N4O5. The standard InChI is InChI=1S/C17H20N4O5/c18-7-5-16(22)20-12-1-3-13(4-2-12)26-10-15(21-25)14-9-11(17(23)24)6-8-19-14/h1-4,6,8-9,17,23-25H,5,7,10,18H2,(H,20,22)/b21-15+. The molecule has 0 bridgehead atoms. The van der Waals surface area contributed by atoms with Crippen molar-refractivity contribution in [3.8, 4) is 5.75 Å². The number of aliphatic hydroxyl groups is 2. The van der Waals surface area contributed by atoms with Crippen LogP contribution >= 0.6 is 0 Å². The Morgan fingerprint density at radius 3 is 2.62 bits per heavy atom. The summed E-state index contributed by atoms with van der Waals surface area (Å²) in [7, 11) is 0. The van der Waals surface area contributed by atoms with E-state index in [9.17, 15) is 15.0 Å². The summed E-state index contributed by atoms with van der Waals surface area (Å²) >= 11 is 0. The van der Waals surface area contributed by atoms with Gasteiger partial charge in [-0.1, -0.05) is 5.16 Å². The molecule has 0 aliphatic rings. The van der Waals surface area contributed by atoms with E-state index >= 15 is 0 Å². The minimum Gasteiger partial charge on any atom is -0.487 e. The van der Waals surface area contributed by atoms with E-state index in [-0.39, 0.29) is 42.4 Å². The number of hydrogen-bond acceptors (Lipinski definition) is 8. The Morgan fingerprint density at radius 1 is 1.27 bits per heavy atom. The number of benzene rings is 1. The lowest BCUT2D eigenvalue weighted by atomic mass is 10.1. The Kier molecular flexibility index (Phi) is 7.03. The van der Waals surface area contributed by atoms with Gasteiger partial charge in [0, 0.05) is 30.4 Å². The van der Waals surface area contributed by atoms with Crippen molar-refractivity contribution in [2.45, 2.75) is 12.7 Å². The molecule has 0 unspecified atom stereocenters. The molecule has 0 saturated heterocycles. The Bertz CT molecular complexity index is 762. The quantitative estimate of drug-likeness (QED) is 0.200. The third-order valence-corrected chi connectivity index (χ3v) is 3.38. The number of aromatic nitrogens is 1. The molecule has 1 aromatic carbocycles. The highest BCUT2D eigenvalue weighted by molar-refractivity contribution is 5.99. The molecule has 9 heteroatoms. The van der Waals surface area contributed by atoms with Crippen molar-refractivity contribution in [1.82, 2.24) is 4.98 Å². The second kappa shape index (κ2) is 9.47. The summed E-state index contributed by atoms with van der Waals surface area (Å²) in [6, 6.07) is 9.45. The van der Waals surface area contributed by atoms with Crippen LogP contribution in [-0.4, -0.2) is 45.2 Å². The summed E-state index contributed by atoms with van der Waals surface area (Å²) in [5.41, 5.74) is 6.51. The first-order valence-electron chi connectivity index (χ1n) is 7.79. The molecule has 1 aromatic heterocycles. The molecule has 9 nitrogen and oxygen atoms in total. The molecule has 2 aromatic rings. The van der Waals surface area contributed by atoms with Gasteiger partial charge in [0.25, 0.3) is 0 Å². The van der Waals surface area contributed by atoms with Crippen LogP contribution < -0.4 is 15.8 Å². The van der Waals surface area contributed by atoms with Crippen molar-refractivity contribution in [3.05, 3.63) is 53.9 Å². The van der Waals surface area contributed by atoms with E-state index in [2.05, 4.69) is 15.5 Å². The third kappa shape index (κ3) is 5.52. The van der Waals surface area contributed by atoms with E-state index < -0.39 is 6.29 Å². The van der Waals surface area contributed by atoms with Crippen LogP contribution in [0.4, 0.5) is 5.69 Å². The van der Waals surface area contributed by atoms with E-state index in [1.54, 1.807) is 24.3 Å². The number of oxime groups is 1. The number of pyridine rings is 1. The third-order valence-electron chi connectivity index (χ3n) is 3.38. The van der Waals surface area contributed by atoms with E-state index in [1.165, 1.54) is 18.3 Å². The zero-order chi connectivity index (χ0) is 18.9. The maximum absolute atomic E-state index is 11.5. The zero-order valence-electron chi connectivity index (χ0n) is 13.9. The Hall–Kier alpha value is -3.01. The number of nitrogens with two attached hydrogens (primary N) is 1. The first-order valence-corrected chi connectivity index (χ1v) is 7.79. The molecule has 0 atom stereocenters. The molecule has 0 saturated carbocycles. The Labute approximate surface area is 149 Å². The molecule has 1 heterocycles. The number of nitrogens with one attached hydrogen (secondary N) is 1. The van der Waals surface area contributed by atoms with Gasteiger partial charge in [-0.2, -0.15) is 0 Å². The van der Waals surface area contributed by atoms with Crippen LogP contribution in [0.25, 0.3) is 0 Å². The van der Waals surface area contributed by atoms with Crippen molar-refractivity contribution in [2.75, 3.05) is 18.5 Å². The van der Waals surface area contributed by atoms with Gasteiger partial charge in [0.05, 0.1) is 5.69 Å². The fourth-order valence-electron chi connectivity index (χ4n) is 2.06. The van der Waals surface area contributed by atoms with Gasteiger partial charge in [-0.25, -0.2) is 0 Å². The summed E-state index contributed by atoms with van der Waals surface area (Å²) in [6.45, 7) is 0.187. The van der Waals surface area contributed by atoms with Crippen LogP contribution in [0, 0.1) is 0 Å². The molecule has 1 amide bonds. The molecule has 0 spiro atoms. The predicted octanol–water partition coefficient (Wildman–Crippen LogP) is 0.609. The monoisotopic (exact) mass is 360 g/mol. The van der Waals surface area contributed by atoms with Gasteiger partial charge in [-0.15, -0.1) is 0 Å². The van der Waals surface area contributed by atoms with Gasteiger partial charge in [0.2, 0.25) is 5.91 Å². The summed E-state index contributed by atoms with van der Waals surface area (Å²) in [4.78, 5) is 15.5. The smallest absolute Gasteiger partial charge is 0.225 e. The highest BCUT2D eigenvalue weighted by Gasteiger charge is 2.11. The number of carbonyl (C=O) groups excluding carboxylic acids is 1. The van der Waals surface area contributed by atoms with Crippen molar-refractivity contribution >= 4 is 17.3 Å². The lowest BCUT2D eigenvalue weighted by Crippen LogP contribution is -2.16. The van der Waals surface area contributed by atoms with Gasteiger partial charge >= 0.3 is 0 Å². The predicted molar refractivity (Wildman–Crippen MR) is 94.0 cm³/mol. The van der Waals surface area contributed by atoms with Crippen molar-refractivity contribution in [2.24, 2.45) is 10.9 Å². The summed E-state index contributed by atoms with van der Waals surface area (Å²) in [6.07, 6.45) is -0.0447. The van der Waals surface area contributed by atoms with Crippen LogP contribution in [0.3, 0.4) is 0 Å². The van der Waals surface area contributed by atoms with Gasteiger partial charge in [0.1, 0.15) is 18.1 Å². The van der Waals surface area contributed by atoms with Gasteiger partial charge in [-0.05, 0) is 36.4 Å². The normalized spacial score (nSPS) is 11.5. The first-order chi connectivity index (χ1) is 12.5. The highest BCUT2D eigenvalue weighted by atomic mass is 16.5. The maximum atomic E-state index is 11.5. The number of carbonyl (C=O) groups is 1. The molecule has 0 aliphatic heterocycles. The number of ether oxygens (including phenoxy) is 1. The van der Waals surface area contributed by atoms with Crippen LogP contribution in [-0.2, 0) is 4.79 Å². The molecule has 0 aliphatic carbocycles. The Balaban J connectivity index is 1.98. The Morgan fingerprint density at radius 2 is 2.00 bits per heavy atom. The van der Waals surface area contributed by atoms with Crippen molar-refractivity contribution in [3.63, 3.8) is 0 Å². The summed E-state index contributed by atoms with van der Waals surface area (Å²) in [5, 5.41) is 33.4. The average Bonchev–Trinajstić information content (AvgIpc) is 2.64. The largest absolute Gasteiger partial charge is 0.487 e. The van der Waals surface area contributed by atoms with Crippen LogP contribution in [0.1, 0.15) is 24.0 Å². The van der Waals surface area contributed by atoms with Crippen molar-refractivity contribution < 1.29 is 25.0 Å². The number of anilines is 1. The molecule has 0 radical (unpaired) electrons. The molecular weight excluding hydrogens is 340 g/mol. The first kappa shape index (κ1) is 19.3. The molecule has 26 heavy (non-hydrogen) atoms. The fourth-order valence-corrected chi connectivity index (χ4v) is 2.06. The SMILES string of the molecule is NCCC(=O)Nc1ccc(OC/C(=N\O)c2cc(C(O)O)ccn2)cc1. The lowest BCUT2D eigenvalue weighted by molar-refractivity contribution is -0.116. The molecule has 138 valence electrons. The number of nitrogens with zero attached hydrogens (tertiary/aromatic N) is 2. The van der Waals surface area contributed by atoms with E-state index in [4.69, 9.17) is 15.7 Å². The van der Waals surface area contributed by atoms with Crippen molar-refractivity contribution in [1.29, 1.82) is 0 Å². The maximum Gasteiger partial charge on any atom is 0.225 e. The second-order valence-corrected chi connectivity index (χ2v) is 5.29. The van der Waals surface area contributed by atoms with Crippen LogP contribution in [0.5, 0.6) is 5.75 Å². The van der Waals surface area contributed by atoms with Crippen LogP contribution in [0.2, 0.25) is 0 Å². The summed E-state index contributed by atoms with van der Waals surface area (Å²) < 4.78 is 5.53. The fraction of sp³-hybridized carbons (Fsp3) is 0.235. The molecule has 6 N–H and O–H groups in total. The van der Waals surface area contributed by atoms with E-state index in [0.717, 1.165) is 0 Å². The topological polar surface area (TPSA) is 150 Å². The minimum absolute atomic E-state index is 0.0899. The second-order valence-electron chi connectivity index (χ2n) is 5.29. The number of rotatable bonds is 8. The zero-order valence-corrected chi connectivity index (χ0v) is 13.9. The number of hydrogen-bond donors (Lipinski definition) is 5. The number of amides is 1. The van der Waals surface area contributed by atoms with E-state index in [1.807, 2.05) is 0 Å².